The number of aliphatic hydroxyl groups excluding tert-OH is 1. The van der Waals surface area contributed by atoms with E-state index in [1.807, 2.05) is 0 Å². The van der Waals surface area contributed by atoms with E-state index in [1.54, 1.807) is 50.5 Å². The number of rotatable bonds is 5. The highest BCUT2D eigenvalue weighted by molar-refractivity contribution is 6.00. The molecule has 0 radical (unpaired) electrons. The van der Waals surface area contributed by atoms with Gasteiger partial charge in [-0.05, 0) is 43.0 Å². The summed E-state index contributed by atoms with van der Waals surface area (Å²) in [6, 6.07) is 6.00. The molecule has 2 aromatic rings. The molecule has 3 amide bonds. The fraction of sp³-hybridized carbons (Fsp3) is 0.464. The fourth-order valence-electron chi connectivity index (χ4n) is 4.73. The molecular weight excluding hydrogens is 504 g/mol. The number of likely N-dealkylation sites (N-methyl/N-ethyl adjacent to an activating group) is 1. The molecule has 3 rings (SSSR count). The number of carbonyl (C=O) groups excluding carboxylic acids is 4. The molecule has 210 valence electrons. The van der Waals surface area contributed by atoms with E-state index in [4.69, 9.17) is 4.74 Å². The van der Waals surface area contributed by atoms with Crippen molar-refractivity contribution in [2.24, 2.45) is 11.8 Å². The largest absolute Gasteiger partial charge is 0.507 e. The Morgan fingerprint density at radius 1 is 1.15 bits per heavy atom. The van der Waals surface area contributed by atoms with Crippen LogP contribution in [0.15, 0.2) is 48.8 Å². The van der Waals surface area contributed by atoms with E-state index in [0.717, 1.165) is 0 Å². The van der Waals surface area contributed by atoms with Crippen LogP contribution in [-0.2, 0) is 25.5 Å². The van der Waals surface area contributed by atoms with Crippen LogP contribution in [0, 0.1) is 11.8 Å². The van der Waals surface area contributed by atoms with Gasteiger partial charge in [0.15, 0.2) is 0 Å². The molecule has 1 aromatic carbocycles. The number of ether oxygens (including phenoxy) is 1. The highest BCUT2D eigenvalue weighted by atomic mass is 16.5. The second-order valence-electron chi connectivity index (χ2n) is 10.2. The summed E-state index contributed by atoms with van der Waals surface area (Å²) in [5, 5.41) is 26.7. The predicted molar refractivity (Wildman–Crippen MR) is 141 cm³/mol. The van der Waals surface area contributed by atoms with Gasteiger partial charge in [-0.2, -0.15) is 0 Å². The number of aromatic nitrogens is 1. The summed E-state index contributed by atoms with van der Waals surface area (Å²) in [5.41, 5.74) is 0.636. The molecule has 6 atom stereocenters. The number of phenolic OH excluding ortho intramolecular Hbond substituents is 1. The molecule has 2 heterocycles. The third-order valence-electron chi connectivity index (χ3n) is 6.95. The number of nitrogens with one attached hydrogen (secondary N) is 2. The maximum absolute atomic E-state index is 13.6. The number of nitrogens with zero attached hydrogens (tertiary/aromatic N) is 2. The topological polar surface area (TPSA) is 158 Å². The van der Waals surface area contributed by atoms with Crippen molar-refractivity contribution in [3.8, 4) is 5.75 Å². The standard InChI is InChI=1S/C28H36N4O7/c1-15(2)23-28(38)39-17(4)22(31-25(35)19-10-6-7-11-21(19)33)26(36)30-20(13-18-9-8-12-29-14-18)24(34)16(3)27(37)32(23)5/h6-12,14-17,20,22-24,33-34H,13H2,1-5H3,(H,30,36)(H,31,35)/t16-,17-,20+,22+,23?,24+/m1/s1. The number of hydrogen-bond acceptors (Lipinski definition) is 8. The average molecular weight is 541 g/mol. The Bertz CT molecular complexity index is 1190. The van der Waals surface area contributed by atoms with Gasteiger partial charge >= 0.3 is 5.97 Å². The summed E-state index contributed by atoms with van der Waals surface area (Å²) in [6.07, 6.45) is 0.823. The van der Waals surface area contributed by atoms with Crippen LogP contribution in [0.5, 0.6) is 5.75 Å². The first-order valence-corrected chi connectivity index (χ1v) is 12.9. The van der Waals surface area contributed by atoms with Crippen LogP contribution < -0.4 is 10.6 Å². The highest BCUT2D eigenvalue weighted by Gasteiger charge is 2.41. The van der Waals surface area contributed by atoms with Gasteiger partial charge in [0.05, 0.1) is 23.6 Å². The number of para-hydroxylation sites is 1. The van der Waals surface area contributed by atoms with Crippen molar-refractivity contribution in [1.29, 1.82) is 0 Å². The van der Waals surface area contributed by atoms with Crippen LogP contribution in [0.2, 0.25) is 0 Å². The van der Waals surface area contributed by atoms with Crippen LogP contribution in [-0.4, -0.2) is 81.2 Å². The first-order valence-electron chi connectivity index (χ1n) is 12.9. The Labute approximate surface area is 227 Å². The van der Waals surface area contributed by atoms with E-state index in [0.29, 0.717) is 5.56 Å². The minimum absolute atomic E-state index is 0.0686. The van der Waals surface area contributed by atoms with E-state index in [1.165, 1.54) is 37.9 Å². The maximum atomic E-state index is 13.6. The lowest BCUT2D eigenvalue weighted by Gasteiger charge is -2.37. The molecule has 1 saturated heterocycles. The van der Waals surface area contributed by atoms with Crippen molar-refractivity contribution in [2.45, 2.75) is 64.4 Å². The number of amides is 3. The summed E-state index contributed by atoms with van der Waals surface area (Å²) in [4.78, 5) is 58.6. The van der Waals surface area contributed by atoms with Gasteiger partial charge in [-0.1, -0.05) is 39.0 Å². The molecule has 0 aliphatic carbocycles. The Hall–Kier alpha value is -3.99. The van der Waals surface area contributed by atoms with Crippen LogP contribution in [0.3, 0.4) is 0 Å². The molecule has 4 N–H and O–H groups in total. The minimum atomic E-state index is -1.38. The van der Waals surface area contributed by atoms with Gasteiger partial charge in [0.25, 0.3) is 5.91 Å². The van der Waals surface area contributed by atoms with Gasteiger partial charge < -0.3 is 30.5 Å². The molecular formula is C28H36N4O7. The van der Waals surface area contributed by atoms with Gasteiger partial charge in [-0.3, -0.25) is 19.4 Å². The van der Waals surface area contributed by atoms with E-state index in [9.17, 15) is 29.4 Å². The predicted octanol–water partition coefficient (Wildman–Crippen LogP) is 1.04. The molecule has 1 unspecified atom stereocenters. The zero-order chi connectivity index (χ0) is 28.9. The summed E-state index contributed by atoms with van der Waals surface area (Å²) in [6.45, 7) is 6.49. The molecule has 1 aliphatic rings. The molecule has 1 fully saturated rings. The van der Waals surface area contributed by atoms with Crippen molar-refractivity contribution in [3.05, 3.63) is 59.9 Å². The van der Waals surface area contributed by atoms with Crippen LogP contribution in [0.4, 0.5) is 0 Å². The van der Waals surface area contributed by atoms with Gasteiger partial charge in [0, 0.05) is 19.4 Å². The highest BCUT2D eigenvalue weighted by Crippen LogP contribution is 2.22. The van der Waals surface area contributed by atoms with Gasteiger partial charge in [0.1, 0.15) is 23.9 Å². The Morgan fingerprint density at radius 2 is 1.85 bits per heavy atom. The Balaban J connectivity index is 2.03. The smallest absolute Gasteiger partial charge is 0.329 e. The summed E-state index contributed by atoms with van der Waals surface area (Å²) in [7, 11) is 1.47. The zero-order valence-corrected chi connectivity index (χ0v) is 22.7. The number of esters is 1. The van der Waals surface area contributed by atoms with E-state index in [2.05, 4.69) is 15.6 Å². The third kappa shape index (κ3) is 6.91. The van der Waals surface area contributed by atoms with E-state index >= 15 is 0 Å². The van der Waals surface area contributed by atoms with Crippen LogP contribution in [0.1, 0.15) is 43.6 Å². The first kappa shape index (κ1) is 29.6. The molecule has 1 aliphatic heterocycles. The lowest BCUT2D eigenvalue weighted by atomic mass is 9.90. The quantitative estimate of drug-likeness (QED) is 0.410. The monoisotopic (exact) mass is 540 g/mol. The summed E-state index contributed by atoms with van der Waals surface area (Å²) >= 11 is 0. The van der Waals surface area contributed by atoms with Crippen molar-refractivity contribution >= 4 is 23.7 Å². The molecule has 1 aromatic heterocycles. The molecule has 11 heteroatoms. The Kier molecular flexibility index (Phi) is 9.63. The van der Waals surface area contributed by atoms with E-state index in [-0.39, 0.29) is 23.7 Å². The third-order valence-corrected chi connectivity index (χ3v) is 6.95. The van der Waals surface area contributed by atoms with E-state index < -0.39 is 59.9 Å². The zero-order valence-electron chi connectivity index (χ0n) is 22.7. The number of pyridine rings is 1. The fourth-order valence-corrected chi connectivity index (χ4v) is 4.73. The second-order valence-corrected chi connectivity index (χ2v) is 10.2. The van der Waals surface area contributed by atoms with Crippen molar-refractivity contribution in [3.63, 3.8) is 0 Å². The van der Waals surface area contributed by atoms with Crippen LogP contribution in [0.25, 0.3) is 0 Å². The average Bonchev–Trinajstić information content (AvgIpc) is 2.89. The molecule has 0 bridgehead atoms. The lowest BCUT2D eigenvalue weighted by Crippen LogP contribution is -2.61. The van der Waals surface area contributed by atoms with Gasteiger partial charge in [-0.15, -0.1) is 0 Å². The van der Waals surface area contributed by atoms with Crippen LogP contribution >= 0.6 is 0 Å². The normalized spacial score (nSPS) is 26.7. The molecule has 0 spiro atoms. The first-order chi connectivity index (χ1) is 18.4. The summed E-state index contributed by atoms with van der Waals surface area (Å²) in [5.74, 6) is -4.35. The number of carbonyl (C=O) groups is 4. The second kappa shape index (κ2) is 12.7. The minimum Gasteiger partial charge on any atom is -0.507 e. The van der Waals surface area contributed by atoms with Crippen molar-refractivity contribution < 1.29 is 34.1 Å². The molecule has 11 nitrogen and oxygen atoms in total. The number of phenols is 1. The maximum Gasteiger partial charge on any atom is 0.329 e. The van der Waals surface area contributed by atoms with Crippen molar-refractivity contribution in [1.82, 2.24) is 20.5 Å². The number of cyclic esters (lactones) is 1. The van der Waals surface area contributed by atoms with Gasteiger partial charge in [0.2, 0.25) is 11.8 Å². The van der Waals surface area contributed by atoms with Gasteiger partial charge in [-0.25, -0.2) is 4.79 Å². The molecule has 39 heavy (non-hydrogen) atoms. The molecule has 0 saturated carbocycles. The summed E-state index contributed by atoms with van der Waals surface area (Å²) < 4.78 is 5.64. The number of hydrogen-bond donors (Lipinski definition) is 4. The lowest BCUT2D eigenvalue weighted by molar-refractivity contribution is -0.164. The number of benzene rings is 1. The number of aliphatic hydroxyl groups is 1. The SMILES string of the molecule is CC(C)C1C(=O)O[C@H](C)[C@H](NC(=O)c2ccccc2O)C(=O)N[C@@H](Cc2cccnc2)[C@@H](O)[C@@H](C)C(=O)N1C. The Morgan fingerprint density at radius 3 is 2.46 bits per heavy atom. The number of aromatic hydroxyl groups is 1. The van der Waals surface area contributed by atoms with Crippen molar-refractivity contribution in [2.75, 3.05) is 7.05 Å².